The van der Waals surface area contributed by atoms with Crippen LogP contribution in [0, 0.1) is 6.92 Å². The molecule has 0 aliphatic carbocycles. The van der Waals surface area contributed by atoms with Crippen LogP contribution >= 0.6 is 15.9 Å². The van der Waals surface area contributed by atoms with Crippen LogP contribution in [-0.4, -0.2) is 11.6 Å². The smallest absolute Gasteiger partial charge is 0.142 e. The van der Waals surface area contributed by atoms with Crippen molar-refractivity contribution < 1.29 is 4.74 Å². The fraction of sp³-hybridized carbons (Fsp3) is 0.214. The van der Waals surface area contributed by atoms with Gasteiger partial charge in [-0.3, -0.25) is 0 Å². The SMILES string of the molecule is CCOc1ccccc1Nc1ncc(Br)cc1C. The first kappa shape index (κ1) is 12.9. The third kappa shape index (κ3) is 3.01. The average molecular weight is 307 g/mol. The molecule has 3 nitrogen and oxygen atoms in total. The zero-order chi connectivity index (χ0) is 13.0. The molecule has 1 aromatic carbocycles. The minimum Gasteiger partial charge on any atom is -0.492 e. The molecular formula is C14H15BrN2O. The van der Waals surface area contributed by atoms with E-state index in [9.17, 15) is 0 Å². The van der Waals surface area contributed by atoms with Crippen molar-refractivity contribution in [3.8, 4) is 5.75 Å². The van der Waals surface area contributed by atoms with Crippen molar-refractivity contribution in [2.24, 2.45) is 0 Å². The number of para-hydroxylation sites is 2. The first-order chi connectivity index (χ1) is 8.70. The van der Waals surface area contributed by atoms with E-state index in [1.165, 1.54) is 0 Å². The van der Waals surface area contributed by atoms with Gasteiger partial charge in [-0.15, -0.1) is 0 Å². The first-order valence-electron chi connectivity index (χ1n) is 5.81. The van der Waals surface area contributed by atoms with Gasteiger partial charge in [0.2, 0.25) is 0 Å². The van der Waals surface area contributed by atoms with Crippen LogP contribution in [0.25, 0.3) is 0 Å². The third-order valence-corrected chi connectivity index (χ3v) is 2.92. The number of hydrogen-bond donors (Lipinski definition) is 1. The van der Waals surface area contributed by atoms with Crippen LogP contribution in [-0.2, 0) is 0 Å². The highest BCUT2D eigenvalue weighted by Crippen LogP contribution is 2.28. The Morgan fingerprint density at radius 2 is 2.11 bits per heavy atom. The van der Waals surface area contributed by atoms with Gasteiger partial charge in [-0.05, 0) is 53.5 Å². The number of hydrogen-bond acceptors (Lipinski definition) is 3. The van der Waals surface area contributed by atoms with Gasteiger partial charge in [0.1, 0.15) is 11.6 Å². The normalized spacial score (nSPS) is 10.2. The molecule has 0 aliphatic rings. The maximum atomic E-state index is 5.57. The topological polar surface area (TPSA) is 34.1 Å². The highest BCUT2D eigenvalue weighted by atomic mass is 79.9. The summed E-state index contributed by atoms with van der Waals surface area (Å²) < 4.78 is 6.55. The Hall–Kier alpha value is -1.55. The molecular weight excluding hydrogens is 292 g/mol. The molecule has 0 saturated heterocycles. The lowest BCUT2D eigenvalue weighted by Gasteiger charge is -2.13. The maximum Gasteiger partial charge on any atom is 0.142 e. The largest absolute Gasteiger partial charge is 0.492 e. The van der Waals surface area contributed by atoms with E-state index in [2.05, 4.69) is 26.2 Å². The highest BCUT2D eigenvalue weighted by molar-refractivity contribution is 9.10. The number of anilines is 2. The molecule has 0 atom stereocenters. The summed E-state index contributed by atoms with van der Waals surface area (Å²) in [6.07, 6.45) is 1.78. The van der Waals surface area contributed by atoms with E-state index in [0.29, 0.717) is 6.61 Å². The monoisotopic (exact) mass is 306 g/mol. The molecule has 0 saturated carbocycles. The van der Waals surface area contributed by atoms with Gasteiger partial charge < -0.3 is 10.1 Å². The molecule has 1 heterocycles. The summed E-state index contributed by atoms with van der Waals surface area (Å²) in [4.78, 5) is 4.36. The summed E-state index contributed by atoms with van der Waals surface area (Å²) in [7, 11) is 0. The zero-order valence-electron chi connectivity index (χ0n) is 10.4. The van der Waals surface area contributed by atoms with Crippen molar-refractivity contribution in [1.82, 2.24) is 4.98 Å². The van der Waals surface area contributed by atoms with Crippen LogP contribution in [0.2, 0.25) is 0 Å². The van der Waals surface area contributed by atoms with Crippen molar-refractivity contribution in [2.45, 2.75) is 13.8 Å². The number of aromatic nitrogens is 1. The minimum atomic E-state index is 0.644. The van der Waals surface area contributed by atoms with Crippen LogP contribution in [0.1, 0.15) is 12.5 Å². The molecule has 0 radical (unpaired) electrons. The summed E-state index contributed by atoms with van der Waals surface area (Å²) in [5.41, 5.74) is 2.01. The van der Waals surface area contributed by atoms with Crippen molar-refractivity contribution in [3.63, 3.8) is 0 Å². The van der Waals surface area contributed by atoms with Crippen molar-refractivity contribution in [3.05, 3.63) is 46.6 Å². The second-order valence-electron chi connectivity index (χ2n) is 3.87. The number of nitrogens with one attached hydrogen (secondary N) is 1. The second-order valence-corrected chi connectivity index (χ2v) is 4.79. The Balaban J connectivity index is 2.28. The standard InChI is InChI=1S/C14H15BrN2O/c1-3-18-13-7-5-4-6-12(13)17-14-10(2)8-11(15)9-16-14/h4-9H,3H2,1-2H3,(H,16,17). The number of rotatable bonds is 4. The molecule has 0 fully saturated rings. The van der Waals surface area contributed by atoms with E-state index in [0.717, 1.165) is 27.3 Å². The Morgan fingerprint density at radius 1 is 1.33 bits per heavy atom. The Bertz CT molecular complexity index is 543. The van der Waals surface area contributed by atoms with Gasteiger partial charge >= 0.3 is 0 Å². The van der Waals surface area contributed by atoms with E-state index in [1.807, 2.05) is 44.2 Å². The third-order valence-electron chi connectivity index (χ3n) is 2.48. The molecule has 0 amide bonds. The lowest BCUT2D eigenvalue weighted by molar-refractivity contribution is 0.342. The molecule has 0 aliphatic heterocycles. The van der Waals surface area contributed by atoms with Crippen molar-refractivity contribution in [1.29, 1.82) is 0 Å². The maximum absolute atomic E-state index is 5.57. The summed E-state index contributed by atoms with van der Waals surface area (Å²) >= 11 is 3.41. The summed E-state index contributed by atoms with van der Waals surface area (Å²) in [6, 6.07) is 9.88. The second kappa shape index (κ2) is 5.87. The predicted octanol–water partition coefficient (Wildman–Crippen LogP) is 4.29. The van der Waals surface area contributed by atoms with Gasteiger partial charge in [-0.2, -0.15) is 0 Å². The highest BCUT2D eigenvalue weighted by Gasteiger charge is 2.05. The van der Waals surface area contributed by atoms with Crippen molar-refractivity contribution in [2.75, 3.05) is 11.9 Å². The first-order valence-corrected chi connectivity index (χ1v) is 6.61. The quantitative estimate of drug-likeness (QED) is 0.914. The van der Waals surface area contributed by atoms with Gasteiger partial charge in [-0.25, -0.2) is 4.98 Å². The van der Waals surface area contributed by atoms with Crippen molar-refractivity contribution >= 4 is 27.4 Å². The lowest BCUT2D eigenvalue weighted by Crippen LogP contribution is -2.00. The van der Waals surface area contributed by atoms with E-state index in [4.69, 9.17) is 4.74 Å². The number of aryl methyl sites for hydroxylation is 1. The van der Waals surface area contributed by atoms with Gasteiger partial charge in [0.25, 0.3) is 0 Å². The molecule has 1 aromatic heterocycles. The van der Waals surface area contributed by atoms with Gasteiger partial charge in [-0.1, -0.05) is 12.1 Å². The molecule has 0 spiro atoms. The van der Waals surface area contributed by atoms with Crippen LogP contribution in [0.4, 0.5) is 11.5 Å². The number of ether oxygens (including phenoxy) is 1. The van der Waals surface area contributed by atoms with Gasteiger partial charge in [0.05, 0.1) is 12.3 Å². The minimum absolute atomic E-state index is 0.644. The van der Waals surface area contributed by atoms with Gasteiger partial charge in [0, 0.05) is 10.7 Å². The average Bonchev–Trinajstić information content (AvgIpc) is 2.35. The summed E-state index contributed by atoms with van der Waals surface area (Å²) in [6.45, 7) is 4.63. The van der Waals surface area contributed by atoms with Gasteiger partial charge in [0.15, 0.2) is 0 Å². The van der Waals surface area contributed by atoms with E-state index in [-0.39, 0.29) is 0 Å². The van der Waals surface area contributed by atoms with Crippen LogP contribution in [0.3, 0.4) is 0 Å². The zero-order valence-corrected chi connectivity index (χ0v) is 12.0. The van der Waals surface area contributed by atoms with Crippen LogP contribution in [0.15, 0.2) is 41.0 Å². The molecule has 4 heteroatoms. The van der Waals surface area contributed by atoms with E-state index in [1.54, 1.807) is 6.20 Å². The summed E-state index contributed by atoms with van der Waals surface area (Å²) in [5, 5.41) is 3.30. The molecule has 2 rings (SSSR count). The number of pyridine rings is 1. The van der Waals surface area contributed by atoms with Crippen LogP contribution < -0.4 is 10.1 Å². The lowest BCUT2D eigenvalue weighted by atomic mass is 10.2. The Labute approximate surface area is 115 Å². The predicted molar refractivity (Wildman–Crippen MR) is 77.6 cm³/mol. The molecule has 0 bridgehead atoms. The molecule has 2 aromatic rings. The molecule has 0 unspecified atom stereocenters. The number of halogens is 1. The van der Waals surface area contributed by atoms with Crippen LogP contribution in [0.5, 0.6) is 5.75 Å². The van der Waals surface area contributed by atoms with E-state index >= 15 is 0 Å². The summed E-state index contributed by atoms with van der Waals surface area (Å²) in [5.74, 6) is 1.68. The molecule has 94 valence electrons. The fourth-order valence-corrected chi connectivity index (χ4v) is 2.10. The number of benzene rings is 1. The van der Waals surface area contributed by atoms with E-state index < -0.39 is 0 Å². The molecule has 18 heavy (non-hydrogen) atoms. The molecule has 1 N–H and O–H groups in total. The Kier molecular flexibility index (Phi) is 4.20. The fourth-order valence-electron chi connectivity index (χ4n) is 1.65. The number of nitrogens with zero attached hydrogens (tertiary/aromatic N) is 1. The Morgan fingerprint density at radius 3 is 2.83 bits per heavy atom.